The van der Waals surface area contributed by atoms with Crippen LogP contribution in [0.4, 0.5) is 0 Å². The maximum Gasteiger partial charge on any atom is 0.265 e. The molecule has 108 valence electrons. The predicted octanol–water partition coefficient (Wildman–Crippen LogP) is 0.484. The molecule has 2 aromatic rings. The van der Waals surface area contributed by atoms with Gasteiger partial charge < -0.3 is 0 Å². The summed E-state index contributed by atoms with van der Waals surface area (Å²) in [7, 11) is 0. The van der Waals surface area contributed by atoms with Gasteiger partial charge >= 0.3 is 0 Å². The highest BCUT2D eigenvalue weighted by atomic mass is 16.2. The van der Waals surface area contributed by atoms with Gasteiger partial charge in [-0.1, -0.05) is 30.3 Å². The molecule has 2 amide bonds. The fraction of sp³-hybridized carbons (Fsp3) is 0.0667. The number of carbonyl (C=O) groups is 2. The maximum absolute atomic E-state index is 11.7. The summed E-state index contributed by atoms with van der Waals surface area (Å²) in [5.41, 5.74) is 6.62. The van der Waals surface area contributed by atoms with Crippen molar-refractivity contribution in [2.24, 2.45) is 11.7 Å². The molecule has 0 aliphatic carbocycles. The Balaban J connectivity index is 2.39. The summed E-state index contributed by atoms with van der Waals surface area (Å²) < 4.78 is 0. The van der Waals surface area contributed by atoms with E-state index in [1.165, 1.54) is 6.07 Å². The summed E-state index contributed by atoms with van der Waals surface area (Å²) in [6.07, 6.45) is 0.595. The lowest BCUT2D eigenvalue weighted by Gasteiger charge is -2.08. The molecule has 0 bridgehead atoms. The van der Waals surface area contributed by atoms with E-state index in [0.717, 1.165) is 11.1 Å². The minimum absolute atomic E-state index is 0.310. The van der Waals surface area contributed by atoms with Gasteiger partial charge in [-0.2, -0.15) is 0 Å². The van der Waals surface area contributed by atoms with Crippen LogP contribution in [0.5, 0.6) is 0 Å². The van der Waals surface area contributed by atoms with Crippen molar-refractivity contribution in [3.63, 3.8) is 0 Å². The van der Waals surface area contributed by atoms with Crippen molar-refractivity contribution in [1.82, 2.24) is 10.9 Å². The van der Waals surface area contributed by atoms with E-state index in [2.05, 4.69) is 10.9 Å². The number of nitrogens with one attached hydrogen (secondary N) is 2. The first-order valence-electron chi connectivity index (χ1n) is 6.34. The Morgan fingerprint density at radius 1 is 0.810 bits per heavy atom. The molecule has 0 atom stereocenters. The van der Waals surface area contributed by atoms with Crippen LogP contribution < -0.4 is 22.5 Å². The van der Waals surface area contributed by atoms with Crippen molar-refractivity contribution >= 4 is 11.8 Å². The van der Waals surface area contributed by atoms with Crippen LogP contribution in [0.1, 0.15) is 31.8 Å². The first kappa shape index (κ1) is 14.7. The summed E-state index contributed by atoms with van der Waals surface area (Å²) in [6, 6.07) is 14.6. The normalized spacial score (nSPS) is 10.0. The Bertz CT molecular complexity index is 622. The summed E-state index contributed by atoms with van der Waals surface area (Å²) in [5.74, 6) is 9.36. The van der Waals surface area contributed by atoms with Gasteiger partial charge in [0.05, 0.1) is 0 Å². The van der Waals surface area contributed by atoms with Crippen LogP contribution in [0.2, 0.25) is 0 Å². The molecule has 0 saturated carbocycles. The molecule has 0 aromatic heterocycles. The zero-order chi connectivity index (χ0) is 15.2. The highest BCUT2D eigenvalue weighted by Crippen LogP contribution is 2.15. The lowest BCUT2D eigenvalue weighted by molar-refractivity contribution is 0.0953. The summed E-state index contributed by atoms with van der Waals surface area (Å²) in [6.45, 7) is 0. The molecule has 0 radical (unpaired) electrons. The number of nitrogens with two attached hydrogens (primary N) is 2. The second kappa shape index (κ2) is 6.65. The van der Waals surface area contributed by atoms with Gasteiger partial charge in [0.1, 0.15) is 0 Å². The largest absolute Gasteiger partial charge is 0.290 e. The first-order chi connectivity index (χ1) is 10.1. The SMILES string of the molecule is NNC(=O)c1cc(Cc2ccccc2)cc(C(=O)NN)c1. The fourth-order valence-corrected chi connectivity index (χ4v) is 2.05. The Labute approximate surface area is 122 Å². The van der Waals surface area contributed by atoms with Crippen molar-refractivity contribution < 1.29 is 9.59 Å². The zero-order valence-corrected chi connectivity index (χ0v) is 11.3. The topological polar surface area (TPSA) is 110 Å². The van der Waals surface area contributed by atoms with Crippen LogP contribution in [-0.2, 0) is 6.42 Å². The van der Waals surface area contributed by atoms with Crippen LogP contribution in [0, 0.1) is 0 Å². The summed E-state index contributed by atoms with van der Waals surface area (Å²) in [4.78, 5) is 23.4. The van der Waals surface area contributed by atoms with E-state index in [0.29, 0.717) is 17.5 Å². The predicted molar refractivity (Wildman–Crippen MR) is 79.0 cm³/mol. The van der Waals surface area contributed by atoms with E-state index in [1.807, 2.05) is 30.3 Å². The number of benzene rings is 2. The van der Waals surface area contributed by atoms with Crippen molar-refractivity contribution in [2.75, 3.05) is 0 Å². The molecule has 0 heterocycles. The van der Waals surface area contributed by atoms with E-state index in [4.69, 9.17) is 11.7 Å². The number of carbonyl (C=O) groups excluding carboxylic acids is 2. The molecule has 2 aromatic carbocycles. The molecule has 2 rings (SSSR count). The molecule has 0 spiro atoms. The third-order valence-electron chi connectivity index (χ3n) is 3.03. The molecule has 0 fully saturated rings. The van der Waals surface area contributed by atoms with Gasteiger partial charge in [0, 0.05) is 11.1 Å². The van der Waals surface area contributed by atoms with E-state index in [1.54, 1.807) is 12.1 Å². The van der Waals surface area contributed by atoms with Crippen molar-refractivity contribution in [2.45, 2.75) is 6.42 Å². The van der Waals surface area contributed by atoms with Gasteiger partial charge in [-0.25, -0.2) is 11.7 Å². The van der Waals surface area contributed by atoms with Gasteiger partial charge in [-0.3, -0.25) is 20.4 Å². The van der Waals surface area contributed by atoms with E-state index in [9.17, 15) is 9.59 Å². The van der Waals surface area contributed by atoms with Gasteiger partial charge in [-0.15, -0.1) is 0 Å². The minimum Gasteiger partial charge on any atom is -0.290 e. The molecule has 0 aliphatic heterocycles. The van der Waals surface area contributed by atoms with Crippen LogP contribution in [0.15, 0.2) is 48.5 Å². The van der Waals surface area contributed by atoms with Gasteiger partial charge in [0.25, 0.3) is 11.8 Å². The molecule has 6 heteroatoms. The smallest absolute Gasteiger partial charge is 0.265 e. The zero-order valence-electron chi connectivity index (χ0n) is 11.3. The Kier molecular flexibility index (Phi) is 4.65. The molecule has 0 unspecified atom stereocenters. The fourth-order valence-electron chi connectivity index (χ4n) is 2.05. The molecule has 6 nitrogen and oxygen atoms in total. The average molecular weight is 284 g/mol. The third kappa shape index (κ3) is 3.65. The number of hydrogen-bond donors (Lipinski definition) is 4. The second-order valence-electron chi connectivity index (χ2n) is 4.53. The summed E-state index contributed by atoms with van der Waals surface area (Å²) in [5, 5.41) is 0. The second-order valence-corrected chi connectivity index (χ2v) is 4.53. The standard InChI is InChI=1S/C15H16N4O2/c16-18-14(20)12-7-11(6-10-4-2-1-3-5-10)8-13(9-12)15(21)19-17/h1-5,7-9H,6,16-17H2,(H,18,20)(H,19,21). The van der Waals surface area contributed by atoms with E-state index >= 15 is 0 Å². The van der Waals surface area contributed by atoms with E-state index in [-0.39, 0.29) is 0 Å². The number of rotatable bonds is 4. The van der Waals surface area contributed by atoms with Gasteiger partial charge in [0.2, 0.25) is 0 Å². The Hall–Kier alpha value is -2.70. The summed E-state index contributed by atoms with van der Waals surface area (Å²) >= 11 is 0. The lowest BCUT2D eigenvalue weighted by atomic mass is 9.99. The number of hydrazine groups is 2. The maximum atomic E-state index is 11.7. The van der Waals surface area contributed by atoms with Crippen LogP contribution in [0.3, 0.4) is 0 Å². The first-order valence-corrected chi connectivity index (χ1v) is 6.34. The number of hydrogen-bond acceptors (Lipinski definition) is 4. The molecular formula is C15H16N4O2. The molecule has 6 N–H and O–H groups in total. The van der Waals surface area contributed by atoms with Crippen LogP contribution in [0.25, 0.3) is 0 Å². The average Bonchev–Trinajstić information content (AvgIpc) is 2.53. The number of nitrogen functional groups attached to an aromatic ring is 2. The highest BCUT2D eigenvalue weighted by molar-refractivity contribution is 5.99. The lowest BCUT2D eigenvalue weighted by Crippen LogP contribution is -2.32. The van der Waals surface area contributed by atoms with Crippen molar-refractivity contribution in [3.05, 3.63) is 70.8 Å². The third-order valence-corrected chi connectivity index (χ3v) is 3.03. The molecule has 0 saturated heterocycles. The molecule has 21 heavy (non-hydrogen) atoms. The number of amides is 2. The van der Waals surface area contributed by atoms with Crippen molar-refractivity contribution in [1.29, 1.82) is 0 Å². The minimum atomic E-state index is -0.462. The Morgan fingerprint density at radius 3 is 1.81 bits per heavy atom. The molecular weight excluding hydrogens is 268 g/mol. The van der Waals surface area contributed by atoms with Crippen molar-refractivity contribution in [3.8, 4) is 0 Å². The Morgan fingerprint density at radius 2 is 1.33 bits per heavy atom. The van der Waals surface area contributed by atoms with E-state index < -0.39 is 11.8 Å². The van der Waals surface area contributed by atoms with Crippen LogP contribution in [-0.4, -0.2) is 11.8 Å². The highest BCUT2D eigenvalue weighted by Gasteiger charge is 2.12. The van der Waals surface area contributed by atoms with Gasteiger partial charge in [-0.05, 0) is 35.7 Å². The quantitative estimate of drug-likeness (QED) is 0.372. The monoisotopic (exact) mass is 284 g/mol. The van der Waals surface area contributed by atoms with Gasteiger partial charge in [0.15, 0.2) is 0 Å². The molecule has 0 aliphatic rings. The van der Waals surface area contributed by atoms with Crippen LogP contribution >= 0.6 is 0 Å².